The van der Waals surface area contributed by atoms with E-state index in [0.29, 0.717) is 17.1 Å². The first kappa shape index (κ1) is 16.2. The molecule has 1 atom stereocenters. The van der Waals surface area contributed by atoms with Crippen LogP contribution in [-0.2, 0) is 26.4 Å². The van der Waals surface area contributed by atoms with Gasteiger partial charge in [-0.25, -0.2) is 8.42 Å². The van der Waals surface area contributed by atoms with Crippen LogP contribution in [0, 0.1) is 0 Å². The van der Waals surface area contributed by atoms with E-state index in [1.165, 1.54) is 12.1 Å². The molecule has 0 aliphatic rings. The van der Waals surface area contributed by atoms with Gasteiger partial charge in [0.25, 0.3) is 0 Å². The zero-order chi connectivity index (χ0) is 14.5. The van der Waals surface area contributed by atoms with Crippen molar-refractivity contribution < 1.29 is 21.4 Å². The SMILES string of the molecule is CCCC[S@@](=O)Cc1ccc(S(=O)(=O)C(F)F)cc1. The average molecular weight is 310 g/mol. The molecule has 1 aromatic rings. The van der Waals surface area contributed by atoms with E-state index >= 15 is 0 Å². The van der Waals surface area contributed by atoms with E-state index < -0.39 is 31.3 Å². The normalized spacial score (nSPS) is 13.7. The van der Waals surface area contributed by atoms with E-state index in [1.54, 1.807) is 0 Å². The second kappa shape index (κ2) is 7.09. The average Bonchev–Trinajstić information content (AvgIpc) is 2.36. The number of rotatable bonds is 7. The summed E-state index contributed by atoms with van der Waals surface area (Å²) in [6.45, 7) is 2.00. The third-order valence-corrected chi connectivity index (χ3v) is 5.34. The zero-order valence-electron chi connectivity index (χ0n) is 10.5. The van der Waals surface area contributed by atoms with E-state index in [2.05, 4.69) is 0 Å². The molecule has 1 rings (SSSR count). The van der Waals surface area contributed by atoms with Gasteiger partial charge in [0.2, 0.25) is 9.84 Å². The van der Waals surface area contributed by atoms with Gasteiger partial charge in [-0.2, -0.15) is 8.78 Å². The number of unbranched alkanes of at least 4 members (excludes halogenated alkanes) is 1. The minimum atomic E-state index is -4.55. The van der Waals surface area contributed by atoms with Crippen molar-refractivity contribution in [3.63, 3.8) is 0 Å². The highest BCUT2D eigenvalue weighted by Crippen LogP contribution is 2.19. The van der Waals surface area contributed by atoms with Gasteiger partial charge >= 0.3 is 5.76 Å². The van der Waals surface area contributed by atoms with Crippen molar-refractivity contribution in [2.24, 2.45) is 0 Å². The van der Waals surface area contributed by atoms with Crippen LogP contribution >= 0.6 is 0 Å². The molecule has 0 amide bonds. The summed E-state index contributed by atoms with van der Waals surface area (Å²) >= 11 is 0. The smallest absolute Gasteiger partial charge is 0.259 e. The Kier molecular flexibility index (Phi) is 6.06. The molecule has 0 spiro atoms. The molecule has 3 nitrogen and oxygen atoms in total. The Bertz CT molecular complexity index is 524. The Morgan fingerprint density at radius 2 is 1.79 bits per heavy atom. The molecule has 0 unspecified atom stereocenters. The molecular weight excluding hydrogens is 294 g/mol. The highest BCUT2D eigenvalue weighted by atomic mass is 32.2. The van der Waals surface area contributed by atoms with E-state index in [-0.39, 0.29) is 0 Å². The van der Waals surface area contributed by atoms with Crippen molar-refractivity contribution in [1.82, 2.24) is 0 Å². The predicted molar refractivity (Wildman–Crippen MR) is 71.3 cm³/mol. The standard InChI is InChI=1S/C12H16F2O3S2/c1-2-3-8-18(15)9-10-4-6-11(7-5-10)19(16,17)12(13)14/h4-7,12H,2-3,8-9H2,1H3/t18-/m1/s1. The maximum atomic E-state index is 12.3. The lowest BCUT2D eigenvalue weighted by atomic mass is 10.2. The number of benzene rings is 1. The molecule has 0 radical (unpaired) electrons. The molecule has 0 bridgehead atoms. The molecule has 1 aromatic carbocycles. The quantitative estimate of drug-likeness (QED) is 0.778. The van der Waals surface area contributed by atoms with Crippen molar-refractivity contribution in [2.75, 3.05) is 5.75 Å². The van der Waals surface area contributed by atoms with Crippen LogP contribution in [0.4, 0.5) is 8.78 Å². The molecule has 0 saturated heterocycles. The second-order valence-corrected chi connectivity index (χ2v) is 7.59. The van der Waals surface area contributed by atoms with Gasteiger partial charge in [-0.3, -0.25) is 4.21 Å². The van der Waals surface area contributed by atoms with Crippen LogP contribution in [0.5, 0.6) is 0 Å². The van der Waals surface area contributed by atoms with Gasteiger partial charge < -0.3 is 0 Å². The molecule has 0 aromatic heterocycles. The van der Waals surface area contributed by atoms with E-state index in [1.807, 2.05) is 6.92 Å². The van der Waals surface area contributed by atoms with E-state index in [0.717, 1.165) is 25.0 Å². The third kappa shape index (κ3) is 4.65. The molecule has 0 fully saturated rings. The van der Waals surface area contributed by atoms with Crippen molar-refractivity contribution in [1.29, 1.82) is 0 Å². The molecule has 7 heteroatoms. The fourth-order valence-corrected chi connectivity index (χ4v) is 3.48. The molecule has 0 aliphatic carbocycles. The number of halogens is 2. The molecule has 0 heterocycles. The van der Waals surface area contributed by atoms with E-state index in [9.17, 15) is 21.4 Å². The van der Waals surface area contributed by atoms with Gasteiger partial charge in [0, 0.05) is 22.3 Å². The van der Waals surface area contributed by atoms with Gasteiger partial charge in [-0.15, -0.1) is 0 Å². The third-order valence-electron chi connectivity index (χ3n) is 2.54. The van der Waals surface area contributed by atoms with Gasteiger partial charge in [0.05, 0.1) is 4.90 Å². The van der Waals surface area contributed by atoms with Crippen molar-refractivity contribution in [2.45, 2.75) is 36.2 Å². The monoisotopic (exact) mass is 310 g/mol. The molecular formula is C12H16F2O3S2. The number of sulfone groups is 1. The highest BCUT2D eigenvalue weighted by molar-refractivity contribution is 7.91. The van der Waals surface area contributed by atoms with Gasteiger partial charge in [0.15, 0.2) is 0 Å². The fraction of sp³-hybridized carbons (Fsp3) is 0.500. The summed E-state index contributed by atoms with van der Waals surface area (Å²) in [4.78, 5) is -0.411. The van der Waals surface area contributed by atoms with E-state index in [4.69, 9.17) is 0 Å². The largest absolute Gasteiger partial charge is 0.341 e. The topological polar surface area (TPSA) is 51.2 Å². The molecule has 108 valence electrons. The molecule has 0 aliphatic heterocycles. The van der Waals surface area contributed by atoms with Crippen LogP contribution in [0.2, 0.25) is 0 Å². The van der Waals surface area contributed by atoms with Crippen LogP contribution in [0.1, 0.15) is 25.3 Å². The maximum Gasteiger partial charge on any atom is 0.341 e. The lowest BCUT2D eigenvalue weighted by Gasteiger charge is -2.05. The summed E-state index contributed by atoms with van der Waals surface area (Å²) in [5.74, 6) is -2.51. The van der Waals surface area contributed by atoms with Crippen LogP contribution in [0.3, 0.4) is 0 Å². The van der Waals surface area contributed by atoms with Crippen LogP contribution in [-0.4, -0.2) is 24.1 Å². The van der Waals surface area contributed by atoms with Crippen molar-refractivity contribution >= 4 is 20.6 Å². The summed E-state index contributed by atoms with van der Waals surface area (Å²) in [5, 5.41) is 0. The fourth-order valence-electron chi connectivity index (χ4n) is 1.44. The Balaban J connectivity index is 2.75. The van der Waals surface area contributed by atoms with Crippen LogP contribution < -0.4 is 0 Å². The van der Waals surface area contributed by atoms with Gasteiger partial charge in [-0.1, -0.05) is 25.5 Å². The maximum absolute atomic E-state index is 12.3. The lowest BCUT2D eigenvalue weighted by Crippen LogP contribution is -2.11. The Morgan fingerprint density at radius 3 is 2.26 bits per heavy atom. The minimum Gasteiger partial charge on any atom is -0.259 e. The van der Waals surface area contributed by atoms with Crippen LogP contribution in [0.15, 0.2) is 29.2 Å². The summed E-state index contributed by atoms with van der Waals surface area (Å²) < 4.78 is 58.7. The lowest BCUT2D eigenvalue weighted by molar-refractivity contribution is 0.234. The number of hydrogen-bond donors (Lipinski definition) is 0. The van der Waals surface area contributed by atoms with Gasteiger partial charge in [0.1, 0.15) is 0 Å². The van der Waals surface area contributed by atoms with Crippen LogP contribution in [0.25, 0.3) is 0 Å². The van der Waals surface area contributed by atoms with Crippen molar-refractivity contribution in [3.05, 3.63) is 29.8 Å². The first-order valence-corrected chi connectivity index (χ1v) is 8.87. The van der Waals surface area contributed by atoms with Crippen molar-refractivity contribution in [3.8, 4) is 0 Å². The van der Waals surface area contributed by atoms with Gasteiger partial charge in [-0.05, 0) is 24.1 Å². The Labute approximate surface area is 114 Å². The predicted octanol–water partition coefficient (Wildman–Crippen LogP) is 2.73. The second-order valence-electron chi connectivity index (χ2n) is 4.09. The Hall–Kier alpha value is -0.820. The molecule has 0 N–H and O–H groups in total. The first-order valence-electron chi connectivity index (χ1n) is 5.84. The summed E-state index contributed by atoms with van der Waals surface area (Å²) in [7, 11) is -5.55. The highest BCUT2D eigenvalue weighted by Gasteiger charge is 2.26. The first-order chi connectivity index (χ1) is 8.87. The number of hydrogen-bond acceptors (Lipinski definition) is 3. The Morgan fingerprint density at radius 1 is 1.21 bits per heavy atom. The summed E-state index contributed by atoms with van der Waals surface area (Å²) in [6.07, 6.45) is 1.82. The summed E-state index contributed by atoms with van der Waals surface area (Å²) in [6, 6.07) is 5.12. The molecule has 0 saturated carbocycles. The zero-order valence-corrected chi connectivity index (χ0v) is 12.1. The minimum absolute atomic E-state index is 0.314. The molecule has 19 heavy (non-hydrogen) atoms. The number of alkyl halides is 2. The summed E-state index contributed by atoms with van der Waals surface area (Å²) in [5.41, 5.74) is 0.683.